The van der Waals surface area contributed by atoms with Gasteiger partial charge < -0.3 is 25.3 Å². The van der Waals surface area contributed by atoms with Gasteiger partial charge in [0.1, 0.15) is 12.7 Å². The van der Waals surface area contributed by atoms with Gasteiger partial charge in [-0.25, -0.2) is 4.79 Å². The van der Waals surface area contributed by atoms with Crippen LogP contribution in [-0.4, -0.2) is 49.4 Å². The van der Waals surface area contributed by atoms with Gasteiger partial charge in [0, 0.05) is 4.90 Å². The molecule has 0 radical (unpaired) electrons. The highest BCUT2D eigenvalue weighted by Crippen LogP contribution is 2.30. The third kappa shape index (κ3) is 5.89. The Morgan fingerprint density at radius 3 is 2.62 bits per heavy atom. The Kier molecular flexibility index (Phi) is 6.96. The molecule has 2 amide bonds. The minimum atomic E-state index is -0.654. The van der Waals surface area contributed by atoms with Crippen LogP contribution in [0.2, 0.25) is 0 Å². The number of thioether (sulfide) groups is 1. The fourth-order valence-corrected chi connectivity index (χ4v) is 3.34. The van der Waals surface area contributed by atoms with Gasteiger partial charge in [-0.1, -0.05) is 24.3 Å². The molecule has 152 valence electrons. The maximum absolute atomic E-state index is 12.3. The third-order valence-electron chi connectivity index (χ3n) is 3.91. The lowest BCUT2D eigenvalue weighted by molar-refractivity contribution is -0.124. The van der Waals surface area contributed by atoms with Gasteiger partial charge in [-0.3, -0.25) is 9.59 Å². The van der Waals surface area contributed by atoms with E-state index in [1.165, 1.54) is 0 Å². The van der Waals surface area contributed by atoms with E-state index in [2.05, 4.69) is 5.32 Å². The lowest BCUT2D eigenvalue weighted by Crippen LogP contribution is -2.42. The van der Waals surface area contributed by atoms with Crippen LogP contribution in [0.3, 0.4) is 0 Å². The molecule has 0 bridgehead atoms. The zero-order chi connectivity index (χ0) is 20.6. The molecule has 0 fully saturated rings. The largest absolute Gasteiger partial charge is 0.486 e. The molecular weight excluding hydrogens is 396 g/mol. The summed E-state index contributed by atoms with van der Waals surface area (Å²) in [4.78, 5) is 35.8. The summed E-state index contributed by atoms with van der Waals surface area (Å²) < 4.78 is 16.4. The molecule has 1 unspecified atom stereocenters. The highest BCUT2D eigenvalue weighted by Gasteiger charge is 2.21. The first-order valence-corrected chi connectivity index (χ1v) is 9.84. The maximum Gasteiger partial charge on any atom is 0.339 e. The number of hydrogen-bond donors (Lipinski definition) is 2. The molecule has 2 aromatic rings. The van der Waals surface area contributed by atoms with Crippen LogP contribution in [0.15, 0.2) is 53.4 Å². The predicted molar refractivity (Wildman–Crippen MR) is 106 cm³/mol. The number of carbonyl (C=O) groups is 3. The van der Waals surface area contributed by atoms with E-state index in [9.17, 15) is 14.4 Å². The average molecular weight is 416 g/mol. The van der Waals surface area contributed by atoms with E-state index in [0.29, 0.717) is 23.0 Å². The first-order chi connectivity index (χ1) is 14.0. The van der Waals surface area contributed by atoms with Crippen LogP contribution in [0.4, 0.5) is 0 Å². The van der Waals surface area contributed by atoms with Crippen LogP contribution in [0, 0.1) is 0 Å². The highest BCUT2D eigenvalue weighted by molar-refractivity contribution is 8.00. The van der Waals surface area contributed by atoms with E-state index in [1.54, 1.807) is 30.3 Å². The first-order valence-electron chi connectivity index (χ1n) is 8.85. The van der Waals surface area contributed by atoms with E-state index >= 15 is 0 Å². The molecule has 9 heteroatoms. The third-order valence-corrected chi connectivity index (χ3v) is 5.00. The summed E-state index contributed by atoms with van der Waals surface area (Å²) in [5.41, 5.74) is 5.41. The summed E-state index contributed by atoms with van der Waals surface area (Å²) in [6, 6.07) is 13.9. The lowest BCUT2D eigenvalue weighted by atomic mass is 10.2. The normalized spacial score (nSPS) is 14.7. The van der Waals surface area contributed by atoms with Gasteiger partial charge in [-0.2, -0.15) is 0 Å². The summed E-state index contributed by atoms with van der Waals surface area (Å²) in [5, 5.41) is 2.66. The van der Waals surface area contributed by atoms with Crippen molar-refractivity contribution in [1.82, 2.24) is 5.32 Å². The number of primary amides is 1. The van der Waals surface area contributed by atoms with E-state index in [1.807, 2.05) is 18.2 Å². The summed E-state index contributed by atoms with van der Waals surface area (Å²) in [6.45, 7) is 0.0924. The van der Waals surface area contributed by atoms with Crippen molar-refractivity contribution in [3.63, 3.8) is 0 Å². The van der Waals surface area contributed by atoms with Gasteiger partial charge in [-0.05, 0) is 24.3 Å². The number of nitrogens with one attached hydrogen (secondary N) is 1. The van der Waals surface area contributed by atoms with Gasteiger partial charge in [-0.15, -0.1) is 11.8 Å². The molecule has 1 heterocycles. The number of para-hydroxylation sites is 2. The Labute approximate surface area is 171 Å². The summed E-state index contributed by atoms with van der Waals surface area (Å²) >= 11 is 1.13. The second-order valence-corrected chi connectivity index (χ2v) is 7.15. The quantitative estimate of drug-likeness (QED) is 0.493. The number of amides is 2. The van der Waals surface area contributed by atoms with E-state index in [4.69, 9.17) is 19.9 Å². The number of carbonyl (C=O) groups excluding carboxylic acids is 3. The molecule has 29 heavy (non-hydrogen) atoms. The fraction of sp³-hybridized carbons (Fsp3) is 0.250. The molecule has 0 aliphatic carbocycles. The van der Waals surface area contributed by atoms with Gasteiger partial charge in [0.2, 0.25) is 5.91 Å². The van der Waals surface area contributed by atoms with Crippen molar-refractivity contribution in [2.75, 3.05) is 25.5 Å². The summed E-state index contributed by atoms with van der Waals surface area (Å²) in [6.07, 6.45) is -0.338. The van der Waals surface area contributed by atoms with Crippen molar-refractivity contribution in [3.8, 4) is 11.5 Å². The SMILES string of the molecule is NC(=O)CSc1ccccc1C(=O)OCC(=O)NCC1COc2ccccc2O1. The molecule has 0 saturated carbocycles. The van der Waals surface area contributed by atoms with Crippen molar-refractivity contribution >= 4 is 29.5 Å². The van der Waals surface area contributed by atoms with Gasteiger partial charge in [0.05, 0.1) is 17.9 Å². The minimum Gasteiger partial charge on any atom is -0.486 e. The molecule has 1 atom stereocenters. The molecule has 3 rings (SSSR count). The molecule has 0 saturated heterocycles. The maximum atomic E-state index is 12.3. The van der Waals surface area contributed by atoms with E-state index in [0.717, 1.165) is 11.8 Å². The standard InChI is InChI=1S/C20H20N2O6S/c21-18(23)12-29-17-8-4-1-5-14(17)20(25)27-11-19(24)22-9-13-10-26-15-6-2-3-7-16(15)28-13/h1-8,13H,9-12H2,(H2,21,23)(H,22,24). The molecule has 2 aromatic carbocycles. The Balaban J connectivity index is 1.45. The van der Waals surface area contributed by atoms with Gasteiger partial charge >= 0.3 is 5.97 Å². The Hall–Kier alpha value is -3.20. The van der Waals surface area contributed by atoms with Gasteiger partial charge in [0.25, 0.3) is 5.91 Å². The number of esters is 1. The van der Waals surface area contributed by atoms with Crippen LogP contribution in [0.25, 0.3) is 0 Å². The van der Waals surface area contributed by atoms with E-state index < -0.39 is 24.4 Å². The second-order valence-electron chi connectivity index (χ2n) is 6.13. The van der Waals surface area contributed by atoms with Crippen molar-refractivity contribution in [3.05, 3.63) is 54.1 Å². The molecule has 8 nitrogen and oxygen atoms in total. The number of nitrogens with two attached hydrogens (primary N) is 1. The van der Waals surface area contributed by atoms with Gasteiger partial charge in [0.15, 0.2) is 18.1 Å². The molecule has 0 aromatic heterocycles. The molecular formula is C20H20N2O6S. The lowest BCUT2D eigenvalue weighted by Gasteiger charge is -2.26. The van der Waals surface area contributed by atoms with Crippen LogP contribution in [0.1, 0.15) is 10.4 Å². The van der Waals surface area contributed by atoms with Crippen molar-refractivity contribution < 1.29 is 28.6 Å². The molecule has 0 spiro atoms. The van der Waals surface area contributed by atoms with Crippen LogP contribution in [0.5, 0.6) is 11.5 Å². The average Bonchev–Trinajstić information content (AvgIpc) is 2.74. The number of fused-ring (bicyclic) bond motifs is 1. The van der Waals surface area contributed by atoms with Crippen molar-refractivity contribution in [2.45, 2.75) is 11.0 Å². The van der Waals surface area contributed by atoms with Crippen LogP contribution < -0.4 is 20.5 Å². The Morgan fingerprint density at radius 1 is 1.10 bits per heavy atom. The highest BCUT2D eigenvalue weighted by atomic mass is 32.2. The number of hydrogen-bond acceptors (Lipinski definition) is 7. The fourth-order valence-electron chi connectivity index (χ4n) is 2.56. The van der Waals surface area contributed by atoms with Crippen molar-refractivity contribution in [2.24, 2.45) is 5.73 Å². The summed E-state index contributed by atoms with van der Waals surface area (Å²) in [7, 11) is 0. The molecule has 1 aliphatic rings. The van der Waals surface area contributed by atoms with Crippen LogP contribution in [-0.2, 0) is 14.3 Å². The minimum absolute atomic E-state index is 0.0391. The van der Waals surface area contributed by atoms with E-state index in [-0.39, 0.29) is 24.0 Å². The molecule has 3 N–H and O–H groups in total. The zero-order valence-electron chi connectivity index (χ0n) is 15.5. The number of ether oxygens (including phenoxy) is 3. The van der Waals surface area contributed by atoms with Crippen molar-refractivity contribution in [1.29, 1.82) is 0 Å². The number of rotatable bonds is 8. The monoisotopic (exact) mass is 416 g/mol. The topological polar surface area (TPSA) is 117 Å². The number of benzene rings is 2. The predicted octanol–water partition coefficient (Wildman–Crippen LogP) is 1.38. The Morgan fingerprint density at radius 2 is 1.83 bits per heavy atom. The Bertz CT molecular complexity index is 904. The molecule has 1 aliphatic heterocycles. The van der Waals surface area contributed by atoms with Crippen LogP contribution >= 0.6 is 11.8 Å². The summed E-state index contributed by atoms with van der Waals surface area (Å²) in [5.74, 6) is -0.278. The first kappa shape index (κ1) is 20.5. The second kappa shape index (κ2) is 9.83. The zero-order valence-corrected chi connectivity index (χ0v) is 16.3. The smallest absolute Gasteiger partial charge is 0.339 e.